The number of nitrogens with zero attached hydrogens (tertiary/aromatic N) is 1. The van der Waals surface area contributed by atoms with Crippen LogP contribution in [0, 0.1) is 0 Å². The van der Waals surface area contributed by atoms with Gasteiger partial charge in [0.15, 0.2) is 8.07 Å². The van der Waals surface area contributed by atoms with Crippen molar-refractivity contribution in [2.45, 2.75) is 19.3 Å². The highest BCUT2D eigenvalue weighted by Gasteiger charge is 2.43. The fraction of sp³-hybridized carbons (Fsp3) is 0.0526. The monoisotopic (exact) mass is 769 g/mol. The van der Waals surface area contributed by atoms with Gasteiger partial charge in [-0.25, -0.2) is 0 Å². The smallest absolute Gasteiger partial charge is 0.180 e. The van der Waals surface area contributed by atoms with Crippen molar-refractivity contribution >= 4 is 78.2 Å². The maximum absolute atomic E-state index is 2.97. The third-order valence-corrected chi connectivity index (χ3v) is 17.8. The molecule has 0 aromatic heterocycles. The van der Waals surface area contributed by atoms with Crippen molar-refractivity contribution in [2.75, 3.05) is 4.90 Å². The highest BCUT2D eigenvalue weighted by Crippen LogP contribution is 2.50. The number of fused-ring (bicyclic) bond motifs is 9. The Morgan fingerprint density at radius 2 is 0.780 bits per heavy atom. The molecule has 0 spiro atoms. The molecule has 0 N–H and O–H groups in total. The van der Waals surface area contributed by atoms with Crippen LogP contribution in [0.3, 0.4) is 0 Å². The van der Waals surface area contributed by atoms with Crippen LogP contribution in [0.2, 0.25) is 0 Å². The van der Waals surface area contributed by atoms with Crippen LogP contribution in [0.1, 0.15) is 25.0 Å². The molecule has 1 nitrogen and oxygen atoms in total. The number of rotatable bonds is 7. The van der Waals surface area contributed by atoms with Gasteiger partial charge in [0.05, 0.1) is 0 Å². The summed E-state index contributed by atoms with van der Waals surface area (Å²) in [6, 6.07) is 84.0. The zero-order valence-corrected chi connectivity index (χ0v) is 34.3. The van der Waals surface area contributed by atoms with Crippen molar-refractivity contribution in [1.29, 1.82) is 0 Å². The molecule has 1 aliphatic carbocycles. The first-order valence-electron chi connectivity index (χ1n) is 20.7. The number of para-hydroxylation sites is 1. The van der Waals surface area contributed by atoms with Crippen molar-refractivity contribution in [3.8, 4) is 11.1 Å². The molecular formula is C57H43NSi. The lowest BCUT2D eigenvalue weighted by molar-refractivity contribution is 0.660. The lowest BCUT2D eigenvalue weighted by Gasteiger charge is -2.36. The molecule has 0 aliphatic heterocycles. The summed E-state index contributed by atoms with van der Waals surface area (Å²) >= 11 is 0. The Kier molecular flexibility index (Phi) is 8.25. The first kappa shape index (κ1) is 35.2. The van der Waals surface area contributed by atoms with Crippen LogP contribution in [0.25, 0.3) is 43.4 Å². The Morgan fingerprint density at radius 1 is 0.339 bits per heavy atom. The molecule has 11 rings (SSSR count). The van der Waals surface area contributed by atoms with Crippen LogP contribution in [-0.4, -0.2) is 8.07 Å². The lowest BCUT2D eigenvalue weighted by atomic mass is 9.82. The second-order valence-electron chi connectivity index (χ2n) is 16.4. The van der Waals surface area contributed by atoms with Crippen molar-refractivity contribution in [3.05, 3.63) is 236 Å². The largest absolute Gasteiger partial charge is 0.310 e. The predicted octanol–water partition coefficient (Wildman–Crippen LogP) is 12.3. The van der Waals surface area contributed by atoms with E-state index >= 15 is 0 Å². The second-order valence-corrected chi connectivity index (χ2v) is 20.2. The molecule has 0 atom stereocenters. The van der Waals surface area contributed by atoms with Crippen molar-refractivity contribution in [2.24, 2.45) is 0 Å². The van der Waals surface area contributed by atoms with Crippen molar-refractivity contribution < 1.29 is 0 Å². The maximum Gasteiger partial charge on any atom is 0.180 e. The molecular weight excluding hydrogens is 727 g/mol. The molecule has 0 heterocycles. The van der Waals surface area contributed by atoms with E-state index in [0.717, 1.165) is 17.1 Å². The summed E-state index contributed by atoms with van der Waals surface area (Å²) in [6.45, 7) is 4.72. The quantitative estimate of drug-likeness (QED) is 0.0886. The van der Waals surface area contributed by atoms with Gasteiger partial charge in [-0.05, 0) is 112 Å². The molecule has 0 amide bonds. The SMILES string of the molecule is CC1(C)c2ccccc2-c2ccc(N(c3ccccc3)c3ccc([Si](c4ccccc4)(c4ccccc4)c4cccc5c6ccccc6c6ccccc6c45)cc3)cc21. The Balaban J connectivity index is 1.17. The standard InChI is InChI=1S/C57H43NSi/c1-57(2)53-31-17-16-28-49(53)50-38-35-42(39-54(50)57)58(40-19-6-3-7-20-40)41-33-36-45(37-34-41)59(43-21-8-4-9-22-43,44-23-10-5-11-24-44)55-32-18-30-52-48-26-13-12-25-46(48)47-27-14-15-29-51(47)56(52)55/h3-39H,1-2H3. The summed E-state index contributed by atoms with van der Waals surface area (Å²) in [6.07, 6.45) is 0. The first-order chi connectivity index (χ1) is 29.0. The average Bonchev–Trinajstić information content (AvgIpc) is 3.53. The molecule has 59 heavy (non-hydrogen) atoms. The van der Waals surface area contributed by atoms with Gasteiger partial charge in [-0.3, -0.25) is 0 Å². The van der Waals surface area contributed by atoms with E-state index in [1.165, 1.54) is 75.3 Å². The van der Waals surface area contributed by atoms with Crippen LogP contribution in [0.15, 0.2) is 224 Å². The fourth-order valence-electron chi connectivity index (χ4n) is 10.3. The van der Waals surface area contributed by atoms with Gasteiger partial charge in [-0.2, -0.15) is 0 Å². The normalized spacial score (nSPS) is 13.1. The lowest BCUT2D eigenvalue weighted by Crippen LogP contribution is -2.74. The minimum absolute atomic E-state index is 0.0985. The Morgan fingerprint density at radius 3 is 1.41 bits per heavy atom. The van der Waals surface area contributed by atoms with Gasteiger partial charge in [-0.15, -0.1) is 0 Å². The minimum Gasteiger partial charge on any atom is -0.310 e. The van der Waals surface area contributed by atoms with E-state index in [9.17, 15) is 0 Å². The fourth-order valence-corrected chi connectivity index (χ4v) is 15.3. The van der Waals surface area contributed by atoms with Gasteiger partial charge in [0.1, 0.15) is 0 Å². The molecule has 0 saturated heterocycles. The Hall–Kier alpha value is -7.00. The molecule has 280 valence electrons. The van der Waals surface area contributed by atoms with E-state index < -0.39 is 8.07 Å². The van der Waals surface area contributed by atoms with E-state index in [1.54, 1.807) is 0 Å². The molecule has 2 heteroatoms. The molecule has 10 aromatic rings. The molecule has 1 aliphatic rings. The van der Waals surface area contributed by atoms with Crippen LogP contribution in [0.4, 0.5) is 17.1 Å². The van der Waals surface area contributed by atoms with Crippen LogP contribution in [0.5, 0.6) is 0 Å². The zero-order chi connectivity index (χ0) is 39.6. The predicted molar refractivity (Wildman–Crippen MR) is 255 cm³/mol. The molecule has 0 unspecified atom stereocenters. The van der Waals surface area contributed by atoms with E-state index in [0.29, 0.717) is 0 Å². The van der Waals surface area contributed by atoms with Gasteiger partial charge < -0.3 is 4.90 Å². The second kappa shape index (κ2) is 13.8. The molecule has 10 aromatic carbocycles. The number of hydrogen-bond acceptors (Lipinski definition) is 1. The number of hydrogen-bond donors (Lipinski definition) is 0. The third-order valence-electron chi connectivity index (χ3n) is 13.0. The third kappa shape index (κ3) is 5.37. The zero-order valence-electron chi connectivity index (χ0n) is 33.3. The van der Waals surface area contributed by atoms with Crippen LogP contribution in [-0.2, 0) is 5.41 Å². The summed E-state index contributed by atoms with van der Waals surface area (Å²) in [4.78, 5) is 2.43. The van der Waals surface area contributed by atoms with Gasteiger partial charge in [0, 0.05) is 22.5 Å². The highest BCUT2D eigenvalue weighted by atomic mass is 28.3. The van der Waals surface area contributed by atoms with Crippen LogP contribution < -0.4 is 25.6 Å². The van der Waals surface area contributed by atoms with Crippen LogP contribution >= 0.6 is 0 Å². The molecule has 0 bridgehead atoms. The van der Waals surface area contributed by atoms with Gasteiger partial charge in [-0.1, -0.05) is 202 Å². The average molecular weight is 770 g/mol. The van der Waals surface area contributed by atoms with Crippen molar-refractivity contribution in [3.63, 3.8) is 0 Å². The molecule has 0 fully saturated rings. The van der Waals surface area contributed by atoms with E-state index in [1.807, 2.05) is 0 Å². The van der Waals surface area contributed by atoms with Gasteiger partial charge in [0.25, 0.3) is 0 Å². The van der Waals surface area contributed by atoms with Gasteiger partial charge in [0.2, 0.25) is 0 Å². The number of anilines is 3. The van der Waals surface area contributed by atoms with E-state index in [4.69, 9.17) is 0 Å². The Bertz CT molecular complexity index is 3090. The summed E-state index contributed by atoms with van der Waals surface area (Å²) in [5, 5.41) is 13.3. The highest BCUT2D eigenvalue weighted by molar-refractivity contribution is 7.20. The maximum atomic E-state index is 2.44. The molecule has 0 radical (unpaired) electrons. The first-order valence-corrected chi connectivity index (χ1v) is 22.7. The van der Waals surface area contributed by atoms with Crippen molar-refractivity contribution in [1.82, 2.24) is 0 Å². The summed E-state index contributed by atoms with van der Waals surface area (Å²) in [5.41, 5.74) is 8.75. The number of benzene rings is 10. The Labute approximate surface area is 347 Å². The van der Waals surface area contributed by atoms with E-state index in [-0.39, 0.29) is 5.41 Å². The molecule has 0 saturated carbocycles. The topological polar surface area (TPSA) is 3.24 Å². The van der Waals surface area contributed by atoms with Gasteiger partial charge >= 0.3 is 0 Å². The summed E-state index contributed by atoms with van der Waals surface area (Å²) in [7, 11) is -2.97. The summed E-state index contributed by atoms with van der Waals surface area (Å²) in [5.74, 6) is 0. The van der Waals surface area contributed by atoms with E-state index in [2.05, 4.69) is 243 Å². The summed E-state index contributed by atoms with van der Waals surface area (Å²) < 4.78 is 0. The minimum atomic E-state index is -2.97.